The number of anilines is 1. The van der Waals surface area contributed by atoms with Crippen LogP contribution in [0.3, 0.4) is 0 Å². The van der Waals surface area contributed by atoms with Crippen molar-refractivity contribution in [2.45, 2.75) is 33.0 Å². The summed E-state index contributed by atoms with van der Waals surface area (Å²) in [5.74, 6) is 0.367. The average Bonchev–Trinajstić information content (AvgIpc) is 3.48. The summed E-state index contributed by atoms with van der Waals surface area (Å²) < 4.78 is 2.14. The first-order valence-corrected chi connectivity index (χ1v) is 10.7. The number of carboxylic acids is 1. The lowest BCUT2D eigenvalue weighted by atomic mass is 9.98. The first-order chi connectivity index (χ1) is 16.0. The standard InChI is InChI=1S/C24H23N7O2/c1-3-17-12-20-14(2)25-22(24(32)33)26-23(20)31(17)13-15-8-10-16(11-9-15)18-6-4-5-7-19(18)21-27-29-30-28-21/h4-12,22,26H,3,13H2,1-2H3,(H,32,33)(H,27,28,29,30). The van der Waals surface area contributed by atoms with Crippen LogP contribution in [0.1, 0.15) is 30.7 Å². The second-order valence-corrected chi connectivity index (χ2v) is 7.92. The quantitative estimate of drug-likeness (QED) is 0.420. The number of carbonyl (C=O) groups is 1. The Hall–Kier alpha value is -4.27. The zero-order valence-electron chi connectivity index (χ0n) is 18.3. The van der Waals surface area contributed by atoms with Crippen LogP contribution in [-0.4, -0.2) is 48.1 Å². The van der Waals surface area contributed by atoms with E-state index in [1.807, 2.05) is 31.2 Å². The van der Waals surface area contributed by atoms with Crippen molar-refractivity contribution >= 4 is 17.5 Å². The Labute approximate surface area is 190 Å². The molecule has 3 N–H and O–H groups in total. The molecule has 1 atom stereocenters. The van der Waals surface area contributed by atoms with E-state index in [1.54, 1.807) is 0 Å². The molecule has 3 heterocycles. The summed E-state index contributed by atoms with van der Waals surface area (Å²) in [6.07, 6.45) is -0.143. The van der Waals surface area contributed by atoms with E-state index < -0.39 is 12.1 Å². The normalized spacial score (nSPS) is 15.0. The first kappa shape index (κ1) is 20.6. The number of hydrogen-bond acceptors (Lipinski definition) is 6. The molecule has 9 heteroatoms. The zero-order chi connectivity index (χ0) is 22.9. The Morgan fingerprint density at radius 2 is 1.85 bits per heavy atom. The van der Waals surface area contributed by atoms with Crippen molar-refractivity contribution in [1.82, 2.24) is 25.2 Å². The van der Waals surface area contributed by atoms with Crippen molar-refractivity contribution in [1.29, 1.82) is 0 Å². The molecular formula is C24H23N7O2. The molecule has 1 unspecified atom stereocenters. The largest absolute Gasteiger partial charge is 0.478 e. The molecule has 9 nitrogen and oxygen atoms in total. The summed E-state index contributed by atoms with van der Waals surface area (Å²) in [4.78, 5) is 15.8. The molecule has 4 aromatic rings. The highest BCUT2D eigenvalue weighted by atomic mass is 16.4. The van der Waals surface area contributed by atoms with Crippen LogP contribution < -0.4 is 5.32 Å². The van der Waals surface area contributed by atoms with Crippen LogP contribution in [0.4, 0.5) is 5.82 Å². The minimum Gasteiger partial charge on any atom is -0.478 e. The van der Waals surface area contributed by atoms with E-state index in [0.29, 0.717) is 12.4 Å². The number of nitrogens with zero attached hydrogens (tertiary/aromatic N) is 5. The highest BCUT2D eigenvalue weighted by Crippen LogP contribution is 2.31. The third-order valence-corrected chi connectivity index (χ3v) is 5.88. The molecule has 5 rings (SSSR count). The highest BCUT2D eigenvalue weighted by molar-refractivity contribution is 6.06. The Bertz CT molecular complexity index is 1340. The van der Waals surface area contributed by atoms with Gasteiger partial charge in [-0.3, -0.25) is 4.99 Å². The SMILES string of the molecule is CCc1cc2c(n1Cc1ccc(-c3ccccc3-c3nn[nH]n3)cc1)NC(C(=O)O)N=C2C. The summed E-state index contributed by atoms with van der Waals surface area (Å²) in [5.41, 5.74) is 6.91. The number of aliphatic imine (C=N–C) groups is 1. The van der Waals surface area contributed by atoms with Gasteiger partial charge in [0.1, 0.15) is 5.82 Å². The van der Waals surface area contributed by atoms with E-state index in [4.69, 9.17) is 0 Å². The number of tetrazole rings is 1. The van der Waals surface area contributed by atoms with Crippen molar-refractivity contribution in [3.05, 3.63) is 71.4 Å². The van der Waals surface area contributed by atoms with Gasteiger partial charge in [0.25, 0.3) is 0 Å². The number of aromatic amines is 1. The van der Waals surface area contributed by atoms with E-state index in [0.717, 1.165) is 51.5 Å². The molecule has 0 aliphatic carbocycles. The van der Waals surface area contributed by atoms with Gasteiger partial charge < -0.3 is 15.0 Å². The summed E-state index contributed by atoms with van der Waals surface area (Å²) in [6, 6.07) is 18.4. The van der Waals surface area contributed by atoms with E-state index >= 15 is 0 Å². The Morgan fingerprint density at radius 1 is 1.09 bits per heavy atom. The summed E-state index contributed by atoms with van der Waals surface area (Å²) in [7, 11) is 0. The predicted octanol–water partition coefficient (Wildman–Crippen LogP) is 3.59. The molecule has 1 aliphatic heterocycles. The van der Waals surface area contributed by atoms with Crippen LogP contribution in [-0.2, 0) is 17.8 Å². The van der Waals surface area contributed by atoms with Gasteiger partial charge in [0.15, 0.2) is 0 Å². The van der Waals surface area contributed by atoms with Crippen LogP contribution in [0.2, 0.25) is 0 Å². The van der Waals surface area contributed by atoms with Crippen molar-refractivity contribution < 1.29 is 9.90 Å². The Morgan fingerprint density at radius 3 is 2.52 bits per heavy atom. The third-order valence-electron chi connectivity index (χ3n) is 5.88. The lowest BCUT2D eigenvalue weighted by molar-refractivity contribution is -0.137. The second kappa shape index (κ2) is 8.34. The highest BCUT2D eigenvalue weighted by Gasteiger charge is 2.27. The molecule has 166 valence electrons. The van der Waals surface area contributed by atoms with E-state index in [1.165, 1.54) is 0 Å². The molecule has 0 amide bonds. The topological polar surface area (TPSA) is 121 Å². The molecule has 33 heavy (non-hydrogen) atoms. The molecule has 2 aromatic heterocycles. The maximum Gasteiger partial charge on any atom is 0.349 e. The van der Waals surface area contributed by atoms with Gasteiger partial charge in [-0.15, -0.1) is 10.2 Å². The van der Waals surface area contributed by atoms with E-state index in [2.05, 4.69) is 72.8 Å². The third kappa shape index (κ3) is 3.78. The minimum atomic E-state index is -0.990. The predicted molar refractivity (Wildman–Crippen MR) is 125 cm³/mol. The summed E-state index contributed by atoms with van der Waals surface area (Å²) >= 11 is 0. The second-order valence-electron chi connectivity index (χ2n) is 7.92. The fourth-order valence-electron chi connectivity index (χ4n) is 4.23. The lowest BCUT2D eigenvalue weighted by Crippen LogP contribution is -2.33. The van der Waals surface area contributed by atoms with Gasteiger partial charge in [0.05, 0.1) is 0 Å². The molecule has 1 aliphatic rings. The first-order valence-electron chi connectivity index (χ1n) is 10.7. The number of H-pyrrole nitrogens is 1. The monoisotopic (exact) mass is 441 g/mol. The van der Waals surface area contributed by atoms with Crippen LogP contribution in [0.25, 0.3) is 22.5 Å². The summed E-state index contributed by atoms with van der Waals surface area (Å²) in [5, 5.41) is 27.0. The average molecular weight is 441 g/mol. The van der Waals surface area contributed by atoms with E-state index in [9.17, 15) is 9.90 Å². The number of hydrogen-bond donors (Lipinski definition) is 3. The van der Waals surface area contributed by atoms with Crippen molar-refractivity contribution in [3.8, 4) is 22.5 Å². The maximum atomic E-state index is 11.5. The Kier molecular flexibility index (Phi) is 5.21. The molecule has 0 spiro atoms. The number of aliphatic carboxylic acids is 1. The fraction of sp³-hybridized carbons (Fsp3) is 0.208. The number of aryl methyl sites for hydroxylation is 1. The summed E-state index contributed by atoms with van der Waals surface area (Å²) in [6.45, 7) is 4.57. The number of aromatic nitrogens is 5. The van der Waals surface area contributed by atoms with Gasteiger partial charge in [-0.2, -0.15) is 5.21 Å². The fourth-order valence-corrected chi connectivity index (χ4v) is 4.23. The lowest BCUT2D eigenvalue weighted by Gasteiger charge is -2.22. The van der Waals surface area contributed by atoms with Gasteiger partial charge in [-0.1, -0.05) is 55.5 Å². The van der Waals surface area contributed by atoms with Crippen molar-refractivity contribution in [2.75, 3.05) is 5.32 Å². The molecular weight excluding hydrogens is 418 g/mol. The van der Waals surface area contributed by atoms with Crippen molar-refractivity contribution in [3.63, 3.8) is 0 Å². The smallest absolute Gasteiger partial charge is 0.349 e. The molecule has 0 bridgehead atoms. The maximum absolute atomic E-state index is 11.5. The number of benzene rings is 2. The molecule has 0 saturated heterocycles. The number of fused-ring (bicyclic) bond motifs is 1. The van der Waals surface area contributed by atoms with Crippen LogP contribution >= 0.6 is 0 Å². The molecule has 2 aromatic carbocycles. The van der Waals surface area contributed by atoms with Gasteiger partial charge in [-0.05, 0) is 41.3 Å². The van der Waals surface area contributed by atoms with Gasteiger partial charge in [-0.25, -0.2) is 4.79 Å². The number of nitrogens with one attached hydrogen (secondary N) is 2. The van der Waals surface area contributed by atoms with Crippen LogP contribution in [0, 0.1) is 0 Å². The zero-order valence-corrected chi connectivity index (χ0v) is 18.3. The van der Waals surface area contributed by atoms with Crippen LogP contribution in [0.5, 0.6) is 0 Å². The van der Waals surface area contributed by atoms with E-state index in [-0.39, 0.29) is 0 Å². The molecule has 0 saturated carbocycles. The van der Waals surface area contributed by atoms with Crippen LogP contribution in [0.15, 0.2) is 59.6 Å². The number of carboxylic acid groups (broad SMARTS) is 1. The Balaban J connectivity index is 1.46. The van der Waals surface area contributed by atoms with Gasteiger partial charge in [0.2, 0.25) is 12.0 Å². The number of rotatable bonds is 6. The van der Waals surface area contributed by atoms with Gasteiger partial charge in [0, 0.05) is 29.1 Å². The minimum absolute atomic E-state index is 0.553. The van der Waals surface area contributed by atoms with Crippen molar-refractivity contribution in [2.24, 2.45) is 4.99 Å². The molecule has 0 radical (unpaired) electrons. The van der Waals surface area contributed by atoms with Gasteiger partial charge >= 0.3 is 5.97 Å². The molecule has 0 fully saturated rings.